The average Bonchev–Trinajstić information content (AvgIpc) is 2.99. The summed E-state index contributed by atoms with van der Waals surface area (Å²) in [5.41, 5.74) is 0.290. The van der Waals surface area contributed by atoms with Crippen molar-refractivity contribution < 1.29 is 14.6 Å². The molecule has 1 aromatic rings. The van der Waals surface area contributed by atoms with Crippen LogP contribution in [0.4, 0.5) is 0 Å². The number of aromatic nitrogens is 1. The normalized spacial score (nSPS) is 30.8. The third-order valence-corrected chi connectivity index (χ3v) is 7.50. The Kier molecular flexibility index (Phi) is 6.67. The largest absolute Gasteiger partial charge is 0.505 e. The molecule has 4 heteroatoms. The van der Waals surface area contributed by atoms with Crippen LogP contribution in [0.15, 0.2) is 18.3 Å². The van der Waals surface area contributed by atoms with Gasteiger partial charge in [0, 0.05) is 12.1 Å². The van der Waals surface area contributed by atoms with Gasteiger partial charge in [-0.15, -0.1) is 0 Å². The maximum Gasteiger partial charge on any atom is 0.361 e. The van der Waals surface area contributed by atoms with Gasteiger partial charge in [-0.3, -0.25) is 0 Å². The van der Waals surface area contributed by atoms with Gasteiger partial charge in [0.05, 0.1) is 0 Å². The first kappa shape index (κ1) is 21.1. The van der Waals surface area contributed by atoms with E-state index >= 15 is 0 Å². The Morgan fingerprint density at radius 3 is 2.79 bits per heavy atom. The van der Waals surface area contributed by atoms with Gasteiger partial charge in [0.25, 0.3) is 0 Å². The number of carbonyl (C=O) groups is 1. The van der Waals surface area contributed by atoms with Crippen molar-refractivity contribution in [3.05, 3.63) is 24.0 Å². The second-order valence-electron chi connectivity index (χ2n) is 9.81. The van der Waals surface area contributed by atoms with E-state index < -0.39 is 5.97 Å². The van der Waals surface area contributed by atoms with Crippen molar-refractivity contribution in [2.24, 2.45) is 29.1 Å². The molecule has 1 N–H and O–H groups in total. The van der Waals surface area contributed by atoms with Crippen LogP contribution in [0.25, 0.3) is 0 Å². The van der Waals surface area contributed by atoms with Crippen LogP contribution >= 0.6 is 0 Å². The summed E-state index contributed by atoms with van der Waals surface area (Å²) in [6.07, 6.45) is 11.0. The lowest BCUT2D eigenvalue weighted by atomic mass is 9.61. The molecule has 0 aliphatic heterocycles. The fourth-order valence-corrected chi connectivity index (χ4v) is 6.03. The number of fused-ring (bicyclic) bond motifs is 1. The van der Waals surface area contributed by atoms with Crippen LogP contribution in [-0.2, 0) is 4.74 Å². The lowest BCUT2D eigenvalue weighted by molar-refractivity contribution is -0.0477. The zero-order valence-electron chi connectivity index (χ0n) is 18.0. The van der Waals surface area contributed by atoms with E-state index in [4.69, 9.17) is 4.74 Å². The van der Waals surface area contributed by atoms with Crippen molar-refractivity contribution in [1.29, 1.82) is 0 Å². The minimum Gasteiger partial charge on any atom is -0.505 e. The first-order chi connectivity index (χ1) is 13.3. The molecule has 0 amide bonds. The predicted octanol–water partition coefficient (Wildman–Crippen LogP) is 5.99. The standard InChI is InChI=1S/C24H37NO3/c1-16(2)8-5-9-17(3)18-12-13-19-21(11-6-14-24(18,19)4)28-23(27)22-20(26)10-7-15-25-22/h7,10,15-19,21,26H,5-6,8-9,11-14H2,1-4H3/t17-,18-,19+,21+,24-/m1/s1. The van der Waals surface area contributed by atoms with E-state index in [-0.39, 0.29) is 23.0 Å². The number of hydrogen-bond donors (Lipinski definition) is 1. The summed E-state index contributed by atoms with van der Waals surface area (Å²) in [7, 11) is 0. The molecule has 2 aliphatic carbocycles. The molecule has 28 heavy (non-hydrogen) atoms. The number of hydrogen-bond acceptors (Lipinski definition) is 4. The van der Waals surface area contributed by atoms with Crippen LogP contribution in [-0.4, -0.2) is 22.2 Å². The van der Waals surface area contributed by atoms with Crippen LogP contribution in [0.1, 0.15) is 89.5 Å². The van der Waals surface area contributed by atoms with E-state index in [0.29, 0.717) is 5.92 Å². The molecule has 1 heterocycles. The topological polar surface area (TPSA) is 59.4 Å². The zero-order chi connectivity index (χ0) is 20.3. The molecule has 156 valence electrons. The number of nitrogens with zero attached hydrogens (tertiary/aromatic N) is 1. The van der Waals surface area contributed by atoms with Gasteiger partial charge < -0.3 is 9.84 Å². The molecule has 0 aromatic carbocycles. The monoisotopic (exact) mass is 387 g/mol. The molecule has 0 bridgehead atoms. The summed E-state index contributed by atoms with van der Waals surface area (Å²) in [6.45, 7) is 9.47. The van der Waals surface area contributed by atoms with Gasteiger partial charge in [-0.25, -0.2) is 9.78 Å². The van der Waals surface area contributed by atoms with Crippen molar-refractivity contribution in [2.75, 3.05) is 0 Å². The Bertz CT molecular complexity index is 674. The molecule has 2 fully saturated rings. The summed E-state index contributed by atoms with van der Waals surface area (Å²) >= 11 is 0. The molecule has 0 spiro atoms. The molecule has 0 unspecified atom stereocenters. The lowest BCUT2D eigenvalue weighted by Crippen LogP contribution is -2.43. The van der Waals surface area contributed by atoms with E-state index in [0.717, 1.165) is 37.0 Å². The number of esters is 1. The Hall–Kier alpha value is -1.58. The Morgan fingerprint density at radius 1 is 1.29 bits per heavy atom. The Morgan fingerprint density at radius 2 is 2.07 bits per heavy atom. The second-order valence-corrected chi connectivity index (χ2v) is 9.81. The van der Waals surface area contributed by atoms with Gasteiger partial charge in [0.1, 0.15) is 11.9 Å². The lowest BCUT2D eigenvalue weighted by Gasteiger charge is -2.46. The smallest absolute Gasteiger partial charge is 0.361 e. The molecule has 4 nitrogen and oxygen atoms in total. The fourth-order valence-electron chi connectivity index (χ4n) is 6.03. The van der Waals surface area contributed by atoms with E-state index in [9.17, 15) is 9.90 Å². The van der Waals surface area contributed by atoms with Crippen LogP contribution in [0.3, 0.4) is 0 Å². The Labute approximate surface area is 170 Å². The highest BCUT2D eigenvalue weighted by atomic mass is 16.5. The third-order valence-electron chi connectivity index (χ3n) is 7.50. The number of carbonyl (C=O) groups excluding carboxylic acids is 1. The molecule has 2 aliphatic rings. The van der Waals surface area contributed by atoms with Gasteiger partial charge in [-0.1, -0.05) is 47.0 Å². The highest BCUT2D eigenvalue weighted by Crippen LogP contribution is 2.58. The molecule has 1 aromatic heterocycles. The quantitative estimate of drug-likeness (QED) is 0.584. The number of pyridine rings is 1. The summed E-state index contributed by atoms with van der Waals surface area (Å²) < 4.78 is 5.92. The fraction of sp³-hybridized carbons (Fsp3) is 0.750. The van der Waals surface area contributed by atoms with Crippen molar-refractivity contribution in [3.63, 3.8) is 0 Å². The highest BCUT2D eigenvalue weighted by molar-refractivity contribution is 5.90. The first-order valence-electron chi connectivity index (χ1n) is 11.2. The molecule has 0 radical (unpaired) electrons. The molecule has 3 rings (SSSR count). The van der Waals surface area contributed by atoms with Gasteiger partial charge in [-0.2, -0.15) is 0 Å². The minimum absolute atomic E-state index is 0.0337. The summed E-state index contributed by atoms with van der Waals surface area (Å²) in [6, 6.07) is 3.10. The molecular formula is C24H37NO3. The van der Waals surface area contributed by atoms with E-state index in [1.165, 1.54) is 44.4 Å². The average molecular weight is 388 g/mol. The SMILES string of the molecule is CC(C)CCC[C@@H](C)[C@H]1CC[C@H]2[C@@H](OC(=O)c3ncccc3O)CCC[C@]12C. The molecular weight excluding hydrogens is 350 g/mol. The van der Waals surface area contributed by atoms with Gasteiger partial charge in [0.15, 0.2) is 5.69 Å². The van der Waals surface area contributed by atoms with E-state index in [2.05, 4.69) is 32.7 Å². The molecule has 5 atom stereocenters. The number of aromatic hydroxyl groups is 1. The maximum atomic E-state index is 12.6. The van der Waals surface area contributed by atoms with Crippen molar-refractivity contribution in [2.45, 2.75) is 85.2 Å². The molecule has 2 saturated carbocycles. The third kappa shape index (κ3) is 4.36. The number of rotatable bonds is 7. The summed E-state index contributed by atoms with van der Waals surface area (Å²) in [5, 5.41) is 9.92. The van der Waals surface area contributed by atoms with Gasteiger partial charge in [0.2, 0.25) is 0 Å². The van der Waals surface area contributed by atoms with Crippen molar-refractivity contribution in [3.8, 4) is 5.75 Å². The van der Waals surface area contributed by atoms with Gasteiger partial charge >= 0.3 is 5.97 Å². The predicted molar refractivity (Wildman–Crippen MR) is 111 cm³/mol. The van der Waals surface area contributed by atoms with Crippen LogP contribution < -0.4 is 0 Å². The Balaban J connectivity index is 1.66. The van der Waals surface area contributed by atoms with E-state index in [1.807, 2.05) is 0 Å². The van der Waals surface area contributed by atoms with Crippen LogP contribution in [0.5, 0.6) is 5.75 Å². The molecule has 0 saturated heterocycles. The van der Waals surface area contributed by atoms with Crippen molar-refractivity contribution >= 4 is 5.97 Å². The number of ether oxygens (including phenoxy) is 1. The van der Waals surface area contributed by atoms with Crippen LogP contribution in [0.2, 0.25) is 0 Å². The highest BCUT2D eigenvalue weighted by Gasteiger charge is 2.53. The maximum absolute atomic E-state index is 12.6. The van der Waals surface area contributed by atoms with Gasteiger partial charge in [-0.05, 0) is 67.4 Å². The minimum atomic E-state index is -0.485. The van der Waals surface area contributed by atoms with Crippen molar-refractivity contribution in [1.82, 2.24) is 4.98 Å². The van der Waals surface area contributed by atoms with E-state index in [1.54, 1.807) is 6.07 Å². The first-order valence-corrected chi connectivity index (χ1v) is 11.2. The summed E-state index contributed by atoms with van der Waals surface area (Å²) in [5.74, 6) is 2.06. The second kappa shape index (κ2) is 8.84. The zero-order valence-corrected chi connectivity index (χ0v) is 18.0. The van der Waals surface area contributed by atoms with Crippen LogP contribution in [0, 0.1) is 29.1 Å². The summed E-state index contributed by atoms with van der Waals surface area (Å²) in [4.78, 5) is 16.6.